The van der Waals surface area contributed by atoms with Crippen molar-refractivity contribution in [1.29, 1.82) is 0 Å². The van der Waals surface area contributed by atoms with Crippen LogP contribution < -0.4 is 5.32 Å². The van der Waals surface area contributed by atoms with Crippen molar-refractivity contribution in [2.45, 2.75) is 38.0 Å². The van der Waals surface area contributed by atoms with Gasteiger partial charge in [0.15, 0.2) is 0 Å². The van der Waals surface area contributed by atoms with E-state index in [9.17, 15) is 4.79 Å². The molecule has 1 saturated carbocycles. The normalized spacial score (nSPS) is 15.8. The second-order valence-electron chi connectivity index (χ2n) is 8.23. The number of nitrogens with zero attached hydrogens (tertiary/aromatic N) is 1. The highest BCUT2D eigenvalue weighted by molar-refractivity contribution is 7.20. The molecule has 1 N–H and O–H groups in total. The predicted octanol–water partition coefficient (Wildman–Crippen LogP) is 6.00. The highest BCUT2D eigenvalue weighted by atomic mass is 32.1. The smallest absolute Gasteiger partial charge is 0.261 e. The molecular formula is C25H24N2OS. The summed E-state index contributed by atoms with van der Waals surface area (Å²) in [5.74, 6) is 0.00967. The van der Waals surface area contributed by atoms with E-state index in [0.717, 1.165) is 38.8 Å². The van der Waals surface area contributed by atoms with Crippen LogP contribution in [-0.2, 0) is 5.41 Å². The first-order valence-corrected chi connectivity index (χ1v) is 11.1. The number of nitrogens with one attached hydrogen (secondary N) is 1. The van der Waals surface area contributed by atoms with Gasteiger partial charge < -0.3 is 5.32 Å². The van der Waals surface area contributed by atoms with E-state index < -0.39 is 0 Å². The largest absolute Gasteiger partial charge is 0.350 e. The highest BCUT2D eigenvalue weighted by Crippen LogP contribution is 2.40. The van der Waals surface area contributed by atoms with E-state index in [4.69, 9.17) is 4.98 Å². The molecule has 5 rings (SSSR count). The molecule has 0 atom stereocenters. The maximum absolute atomic E-state index is 13.0. The summed E-state index contributed by atoms with van der Waals surface area (Å²) in [6.45, 7) is 2.77. The number of rotatable bonds is 4. The van der Waals surface area contributed by atoms with Crippen LogP contribution in [-0.4, -0.2) is 17.4 Å². The lowest BCUT2D eigenvalue weighted by Gasteiger charge is -2.30. The van der Waals surface area contributed by atoms with E-state index in [1.54, 1.807) is 0 Å². The van der Waals surface area contributed by atoms with Crippen molar-refractivity contribution in [3.05, 3.63) is 76.7 Å². The molecule has 1 fully saturated rings. The van der Waals surface area contributed by atoms with Gasteiger partial charge in [-0.25, -0.2) is 4.98 Å². The van der Waals surface area contributed by atoms with Crippen LogP contribution in [0, 0.1) is 6.92 Å². The Morgan fingerprint density at radius 2 is 1.83 bits per heavy atom. The summed E-state index contributed by atoms with van der Waals surface area (Å²) >= 11 is 1.48. The van der Waals surface area contributed by atoms with Crippen LogP contribution in [0.25, 0.3) is 21.1 Å². The van der Waals surface area contributed by atoms with Gasteiger partial charge in [-0.1, -0.05) is 55.3 Å². The van der Waals surface area contributed by atoms with E-state index in [2.05, 4.69) is 66.8 Å². The Labute approximate surface area is 174 Å². The first-order valence-electron chi connectivity index (χ1n) is 10.3. The number of aromatic nitrogens is 1. The fourth-order valence-electron chi connectivity index (χ4n) is 4.60. The third-order valence-electron chi connectivity index (χ3n) is 6.22. The fraction of sp³-hybridized carbons (Fsp3) is 0.280. The molecule has 2 aromatic carbocycles. The number of hydrogen-bond acceptors (Lipinski definition) is 3. The Hall–Kier alpha value is -2.72. The number of fused-ring (bicyclic) bond motifs is 2. The zero-order valence-electron chi connectivity index (χ0n) is 16.6. The molecule has 1 aliphatic carbocycles. The molecule has 0 radical (unpaired) electrons. The minimum Gasteiger partial charge on any atom is -0.350 e. The predicted molar refractivity (Wildman–Crippen MR) is 121 cm³/mol. The van der Waals surface area contributed by atoms with Gasteiger partial charge in [0.05, 0.1) is 10.4 Å². The number of amides is 1. The summed E-state index contributed by atoms with van der Waals surface area (Å²) in [5, 5.41) is 5.39. The lowest BCUT2D eigenvalue weighted by atomic mass is 9.79. The summed E-state index contributed by atoms with van der Waals surface area (Å²) in [7, 11) is 0. The zero-order valence-corrected chi connectivity index (χ0v) is 17.4. The molecule has 3 nitrogen and oxygen atoms in total. The molecule has 1 amide bonds. The van der Waals surface area contributed by atoms with Gasteiger partial charge in [-0.3, -0.25) is 4.79 Å². The number of aryl methyl sites for hydroxylation is 1. The van der Waals surface area contributed by atoms with E-state index in [1.165, 1.54) is 35.3 Å². The number of benzene rings is 2. The molecule has 0 unspecified atom stereocenters. The van der Waals surface area contributed by atoms with Gasteiger partial charge in [0.25, 0.3) is 5.91 Å². The Morgan fingerprint density at radius 1 is 1.03 bits per heavy atom. The monoisotopic (exact) mass is 400 g/mol. The minimum atomic E-state index is 0.00967. The van der Waals surface area contributed by atoms with Gasteiger partial charge in [-0.2, -0.15) is 0 Å². The third kappa shape index (κ3) is 3.42. The summed E-state index contributed by atoms with van der Waals surface area (Å²) in [6, 6.07) is 21.1. The average molecular weight is 401 g/mol. The molecule has 1 aliphatic rings. The second kappa shape index (κ2) is 7.27. The number of carbonyl (C=O) groups is 1. The lowest BCUT2D eigenvalue weighted by Crippen LogP contribution is -2.38. The van der Waals surface area contributed by atoms with E-state index in [1.807, 2.05) is 6.07 Å². The number of thiophene rings is 1. The average Bonchev–Trinajstić information content (AvgIpc) is 3.38. The van der Waals surface area contributed by atoms with Gasteiger partial charge in [-0.15, -0.1) is 11.3 Å². The van der Waals surface area contributed by atoms with Gasteiger partial charge in [-0.05, 0) is 49.1 Å². The number of carbonyl (C=O) groups excluding carboxylic acids is 1. The van der Waals surface area contributed by atoms with Crippen LogP contribution in [0.15, 0.2) is 60.7 Å². The van der Waals surface area contributed by atoms with E-state index >= 15 is 0 Å². The third-order valence-corrected chi connectivity index (χ3v) is 7.26. The number of hydrogen-bond donors (Lipinski definition) is 1. The van der Waals surface area contributed by atoms with E-state index in [-0.39, 0.29) is 11.3 Å². The summed E-state index contributed by atoms with van der Waals surface area (Å²) in [6.07, 6.45) is 4.72. The van der Waals surface area contributed by atoms with Crippen molar-refractivity contribution in [3.8, 4) is 0 Å². The molecular weight excluding hydrogens is 376 g/mol. The Kier molecular flexibility index (Phi) is 4.59. The van der Waals surface area contributed by atoms with Crippen LogP contribution >= 0.6 is 11.3 Å². The van der Waals surface area contributed by atoms with Crippen LogP contribution in [0.1, 0.15) is 46.5 Å². The molecule has 4 heteroatoms. The van der Waals surface area contributed by atoms with Crippen LogP contribution in [0.4, 0.5) is 0 Å². The molecule has 2 aromatic heterocycles. The molecule has 2 heterocycles. The summed E-state index contributed by atoms with van der Waals surface area (Å²) in [5.41, 5.74) is 3.59. The fourth-order valence-corrected chi connectivity index (χ4v) is 5.53. The van der Waals surface area contributed by atoms with Crippen molar-refractivity contribution in [2.75, 3.05) is 6.54 Å². The van der Waals surface area contributed by atoms with Crippen molar-refractivity contribution < 1.29 is 4.79 Å². The van der Waals surface area contributed by atoms with Crippen molar-refractivity contribution in [1.82, 2.24) is 10.3 Å². The van der Waals surface area contributed by atoms with Gasteiger partial charge in [0.2, 0.25) is 0 Å². The lowest BCUT2D eigenvalue weighted by molar-refractivity contribution is 0.0947. The minimum absolute atomic E-state index is 0.00967. The molecule has 29 heavy (non-hydrogen) atoms. The van der Waals surface area contributed by atoms with Gasteiger partial charge >= 0.3 is 0 Å². The topological polar surface area (TPSA) is 42.0 Å². The van der Waals surface area contributed by atoms with Crippen LogP contribution in [0.2, 0.25) is 0 Å². The summed E-state index contributed by atoms with van der Waals surface area (Å²) in [4.78, 5) is 19.4. The number of pyridine rings is 1. The first kappa shape index (κ1) is 18.3. The SMILES string of the molecule is Cc1ccc2cc3cc(C(=O)NCC4(c5ccccc5)CCCC4)sc3nc2c1. The van der Waals surface area contributed by atoms with Crippen molar-refractivity contribution in [3.63, 3.8) is 0 Å². The second-order valence-corrected chi connectivity index (χ2v) is 9.26. The maximum atomic E-state index is 13.0. The highest BCUT2D eigenvalue weighted by Gasteiger charge is 2.35. The summed E-state index contributed by atoms with van der Waals surface area (Å²) < 4.78 is 0. The van der Waals surface area contributed by atoms with Crippen LogP contribution in [0.5, 0.6) is 0 Å². The standard InChI is InChI=1S/C25H24N2OS/c1-17-9-10-18-14-19-15-22(29-24(19)27-21(18)13-17)23(28)26-16-25(11-5-6-12-25)20-7-3-2-4-8-20/h2-4,7-10,13-15H,5-6,11-12,16H2,1H3,(H,26,28). The zero-order chi connectivity index (χ0) is 19.8. The molecule has 0 spiro atoms. The molecule has 0 bridgehead atoms. The maximum Gasteiger partial charge on any atom is 0.261 e. The first-order chi connectivity index (χ1) is 14.1. The Morgan fingerprint density at radius 3 is 2.62 bits per heavy atom. The molecule has 146 valence electrons. The van der Waals surface area contributed by atoms with Crippen molar-refractivity contribution >= 4 is 38.4 Å². The Bertz CT molecular complexity index is 1190. The molecule has 0 aliphatic heterocycles. The van der Waals surface area contributed by atoms with E-state index in [0.29, 0.717) is 6.54 Å². The molecule has 4 aromatic rings. The molecule has 0 saturated heterocycles. The van der Waals surface area contributed by atoms with Crippen molar-refractivity contribution in [2.24, 2.45) is 0 Å². The quantitative estimate of drug-likeness (QED) is 0.456. The van der Waals surface area contributed by atoms with Crippen LogP contribution in [0.3, 0.4) is 0 Å². The van der Waals surface area contributed by atoms with Gasteiger partial charge in [0, 0.05) is 22.7 Å². The Balaban J connectivity index is 1.40. The van der Waals surface area contributed by atoms with Gasteiger partial charge in [0.1, 0.15) is 4.83 Å².